The molecule has 6 heteroatoms. The molecule has 15 heavy (non-hydrogen) atoms. The highest BCUT2D eigenvalue weighted by Crippen LogP contribution is 2.08. The number of esters is 2. The Hall–Kier alpha value is -1.43. The number of aliphatic hydroxyl groups excluding tert-OH is 1. The van der Waals surface area contributed by atoms with Crippen LogP contribution in [0.5, 0.6) is 0 Å². The van der Waals surface area contributed by atoms with Crippen molar-refractivity contribution in [2.45, 2.75) is 39.1 Å². The first-order valence-electron chi connectivity index (χ1n) is 4.36. The molecule has 0 heterocycles. The van der Waals surface area contributed by atoms with Crippen LogP contribution in [0.1, 0.15) is 20.8 Å². The van der Waals surface area contributed by atoms with Crippen LogP contribution in [-0.4, -0.2) is 41.6 Å². The van der Waals surface area contributed by atoms with E-state index in [2.05, 4.69) is 9.47 Å². The topological polar surface area (TPSA) is 89.9 Å². The van der Waals surface area contributed by atoms with E-state index in [0.717, 1.165) is 13.8 Å². The van der Waals surface area contributed by atoms with Gasteiger partial charge in [-0.3, -0.25) is 14.4 Å². The third-order valence-corrected chi connectivity index (χ3v) is 1.54. The van der Waals surface area contributed by atoms with Crippen molar-refractivity contribution >= 4 is 18.2 Å². The van der Waals surface area contributed by atoms with Gasteiger partial charge in [-0.2, -0.15) is 0 Å². The van der Waals surface area contributed by atoms with Gasteiger partial charge >= 0.3 is 11.9 Å². The molecule has 0 aliphatic carbocycles. The summed E-state index contributed by atoms with van der Waals surface area (Å²) < 4.78 is 9.25. The molecule has 0 saturated carbocycles. The summed E-state index contributed by atoms with van der Waals surface area (Å²) in [5.41, 5.74) is 0. The summed E-state index contributed by atoms with van der Waals surface area (Å²) in [5.74, 6) is -1.36. The summed E-state index contributed by atoms with van der Waals surface area (Å²) in [7, 11) is 0. The van der Waals surface area contributed by atoms with Crippen LogP contribution in [-0.2, 0) is 23.9 Å². The molecule has 0 radical (unpaired) electrons. The van der Waals surface area contributed by atoms with Crippen molar-refractivity contribution in [2.24, 2.45) is 0 Å². The van der Waals surface area contributed by atoms with Crippen molar-refractivity contribution in [2.75, 3.05) is 0 Å². The highest BCUT2D eigenvalue weighted by molar-refractivity contribution is 5.71. The van der Waals surface area contributed by atoms with Crippen molar-refractivity contribution in [1.82, 2.24) is 0 Å². The Bertz CT molecular complexity index is 247. The van der Waals surface area contributed by atoms with Crippen LogP contribution in [0, 0.1) is 0 Å². The molecule has 0 aliphatic rings. The summed E-state index contributed by atoms with van der Waals surface area (Å²) in [6.45, 7) is 3.57. The monoisotopic (exact) mass is 218 g/mol. The highest BCUT2D eigenvalue weighted by atomic mass is 16.6. The molecule has 0 aromatic carbocycles. The Morgan fingerprint density at radius 1 is 1.20 bits per heavy atom. The van der Waals surface area contributed by atoms with E-state index < -0.39 is 30.3 Å². The zero-order chi connectivity index (χ0) is 12.0. The third-order valence-electron chi connectivity index (χ3n) is 1.54. The molecule has 6 nitrogen and oxygen atoms in total. The van der Waals surface area contributed by atoms with Gasteiger partial charge in [0.25, 0.3) is 0 Å². The van der Waals surface area contributed by atoms with E-state index in [1.54, 1.807) is 0 Å². The summed E-state index contributed by atoms with van der Waals surface area (Å²) in [6, 6.07) is 0. The maximum atomic E-state index is 10.7. The second-order valence-corrected chi connectivity index (χ2v) is 3.02. The molecule has 0 fully saturated rings. The Kier molecular flexibility index (Phi) is 5.54. The summed E-state index contributed by atoms with van der Waals surface area (Å²) in [5, 5.41) is 9.25. The predicted molar refractivity (Wildman–Crippen MR) is 48.9 cm³/mol. The van der Waals surface area contributed by atoms with Crippen LogP contribution in [0.3, 0.4) is 0 Å². The average Bonchev–Trinajstić information content (AvgIpc) is 2.09. The second-order valence-electron chi connectivity index (χ2n) is 3.02. The Morgan fingerprint density at radius 2 is 1.67 bits per heavy atom. The van der Waals surface area contributed by atoms with E-state index in [0.29, 0.717) is 6.29 Å². The zero-order valence-corrected chi connectivity index (χ0v) is 8.80. The molecule has 86 valence electrons. The SMILES string of the molecule is CC(=O)O[C@@H]([C@H](C)O)[C@H](C=O)OC(C)=O. The van der Waals surface area contributed by atoms with Crippen LogP contribution in [0.2, 0.25) is 0 Å². The molecule has 0 rings (SSSR count). The number of aliphatic hydroxyl groups is 1. The molecule has 0 bridgehead atoms. The predicted octanol–water partition coefficient (Wildman–Crippen LogP) is -0.571. The smallest absolute Gasteiger partial charge is 0.303 e. The van der Waals surface area contributed by atoms with Gasteiger partial charge in [-0.25, -0.2) is 0 Å². The largest absolute Gasteiger partial charge is 0.455 e. The van der Waals surface area contributed by atoms with Crippen LogP contribution in [0.25, 0.3) is 0 Å². The van der Waals surface area contributed by atoms with Crippen molar-refractivity contribution in [1.29, 1.82) is 0 Å². The lowest BCUT2D eigenvalue weighted by molar-refractivity contribution is -0.173. The van der Waals surface area contributed by atoms with Gasteiger partial charge in [-0.1, -0.05) is 0 Å². The molecule has 0 aromatic heterocycles. The van der Waals surface area contributed by atoms with E-state index >= 15 is 0 Å². The van der Waals surface area contributed by atoms with Gasteiger partial charge in [-0.15, -0.1) is 0 Å². The summed E-state index contributed by atoms with van der Waals surface area (Å²) >= 11 is 0. The van der Waals surface area contributed by atoms with E-state index in [9.17, 15) is 19.5 Å². The van der Waals surface area contributed by atoms with Gasteiger partial charge in [0.15, 0.2) is 18.5 Å². The second kappa shape index (κ2) is 6.13. The Balaban J connectivity index is 4.61. The number of rotatable bonds is 5. The molecule has 0 spiro atoms. The third kappa shape index (κ3) is 5.11. The van der Waals surface area contributed by atoms with Gasteiger partial charge in [0.1, 0.15) is 0 Å². The Morgan fingerprint density at radius 3 is 1.93 bits per heavy atom. The van der Waals surface area contributed by atoms with E-state index in [1.165, 1.54) is 6.92 Å². The number of ether oxygens (including phenoxy) is 2. The maximum absolute atomic E-state index is 10.7. The normalized spacial score (nSPS) is 16.0. The van der Waals surface area contributed by atoms with Crippen molar-refractivity contribution < 1.29 is 29.0 Å². The zero-order valence-electron chi connectivity index (χ0n) is 8.80. The highest BCUT2D eigenvalue weighted by Gasteiger charge is 2.30. The first kappa shape index (κ1) is 13.6. The molecule has 0 aromatic rings. The quantitative estimate of drug-likeness (QED) is 0.491. The number of carbonyl (C=O) groups excluding carboxylic acids is 3. The molecule has 0 saturated heterocycles. The minimum absolute atomic E-state index is 0.307. The van der Waals surface area contributed by atoms with Crippen molar-refractivity contribution in [3.63, 3.8) is 0 Å². The van der Waals surface area contributed by atoms with Crippen LogP contribution in [0.4, 0.5) is 0 Å². The van der Waals surface area contributed by atoms with Gasteiger partial charge in [0, 0.05) is 13.8 Å². The van der Waals surface area contributed by atoms with E-state index in [4.69, 9.17) is 0 Å². The molecule has 0 unspecified atom stereocenters. The van der Waals surface area contributed by atoms with E-state index in [1.807, 2.05) is 0 Å². The fourth-order valence-corrected chi connectivity index (χ4v) is 0.996. The van der Waals surface area contributed by atoms with Crippen LogP contribution in [0.15, 0.2) is 0 Å². The number of hydrogen-bond donors (Lipinski definition) is 1. The summed E-state index contributed by atoms with van der Waals surface area (Å²) in [6.07, 6.45) is -3.26. The van der Waals surface area contributed by atoms with Gasteiger partial charge < -0.3 is 14.6 Å². The van der Waals surface area contributed by atoms with Gasteiger partial charge in [0.05, 0.1) is 6.10 Å². The standard InChI is InChI=1S/C9H14O6/c1-5(11)9(15-7(3)13)8(4-10)14-6(2)12/h4-5,8-9,11H,1-3H3/t5-,8-,9-/m0/s1. The van der Waals surface area contributed by atoms with Crippen molar-refractivity contribution in [3.05, 3.63) is 0 Å². The Labute approximate surface area is 87.2 Å². The minimum Gasteiger partial charge on any atom is -0.455 e. The number of aldehydes is 1. The maximum Gasteiger partial charge on any atom is 0.303 e. The molecular weight excluding hydrogens is 204 g/mol. The fourth-order valence-electron chi connectivity index (χ4n) is 0.996. The lowest BCUT2D eigenvalue weighted by Gasteiger charge is -2.24. The molecule has 3 atom stereocenters. The molecular formula is C9H14O6. The minimum atomic E-state index is -1.29. The van der Waals surface area contributed by atoms with E-state index in [-0.39, 0.29) is 0 Å². The number of hydrogen-bond acceptors (Lipinski definition) is 6. The first-order chi connectivity index (χ1) is 6.88. The van der Waals surface area contributed by atoms with Crippen LogP contribution >= 0.6 is 0 Å². The summed E-state index contributed by atoms with van der Waals surface area (Å²) in [4.78, 5) is 31.9. The molecule has 0 aliphatic heterocycles. The molecule has 0 amide bonds. The van der Waals surface area contributed by atoms with Crippen molar-refractivity contribution in [3.8, 4) is 0 Å². The lowest BCUT2D eigenvalue weighted by Crippen LogP contribution is -2.42. The number of carbonyl (C=O) groups is 3. The molecule has 1 N–H and O–H groups in total. The first-order valence-corrected chi connectivity index (χ1v) is 4.36. The van der Waals surface area contributed by atoms with Gasteiger partial charge in [0.2, 0.25) is 0 Å². The average molecular weight is 218 g/mol. The fraction of sp³-hybridized carbons (Fsp3) is 0.667. The van der Waals surface area contributed by atoms with Crippen LogP contribution < -0.4 is 0 Å². The van der Waals surface area contributed by atoms with Gasteiger partial charge in [-0.05, 0) is 6.92 Å². The lowest BCUT2D eigenvalue weighted by atomic mass is 10.1.